The van der Waals surface area contributed by atoms with Crippen LogP contribution < -0.4 is 9.77 Å². The van der Waals surface area contributed by atoms with E-state index >= 15 is 0 Å². The number of aromatic nitrogens is 1. The molecule has 8 nitrogen and oxygen atoms in total. The second-order valence-corrected chi connectivity index (χ2v) is 7.01. The van der Waals surface area contributed by atoms with Gasteiger partial charge in [-0.3, -0.25) is 19.7 Å². The first-order valence-electron chi connectivity index (χ1n) is 8.38. The fourth-order valence-corrected chi connectivity index (χ4v) is 3.80. The van der Waals surface area contributed by atoms with Crippen LogP contribution in [0.15, 0.2) is 34.4 Å². The fraction of sp³-hybridized carbons (Fsp3) is 0.412. The SMILES string of the molecule is Cc1csc(=O)n1CCC(=O)N1CCN(c2ccc([N+](=O)[O-])cc2)CC1. The monoisotopic (exact) mass is 376 g/mol. The quantitative estimate of drug-likeness (QED) is 0.587. The van der Waals surface area contributed by atoms with Gasteiger partial charge in [-0.15, -0.1) is 0 Å². The van der Waals surface area contributed by atoms with E-state index in [0.29, 0.717) is 39.1 Å². The van der Waals surface area contributed by atoms with Crippen molar-refractivity contribution in [3.63, 3.8) is 0 Å². The van der Waals surface area contributed by atoms with Gasteiger partial charge in [0.15, 0.2) is 0 Å². The van der Waals surface area contributed by atoms with Gasteiger partial charge in [0.1, 0.15) is 0 Å². The molecule has 0 bridgehead atoms. The van der Waals surface area contributed by atoms with Gasteiger partial charge in [-0.05, 0) is 19.1 Å². The number of nitrogens with zero attached hydrogens (tertiary/aromatic N) is 4. The lowest BCUT2D eigenvalue weighted by molar-refractivity contribution is -0.384. The van der Waals surface area contributed by atoms with Crippen LogP contribution >= 0.6 is 11.3 Å². The molecule has 3 rings (SSSR count). The third-order valence-corrected chi connectivity index (χ3v) is 5.46. The van der Waals surface area contributed by atoms with E-state index in [4.69, 9.17) is 0 Å². The van der Waals surface area contributed by atoms with Gasteiger partial charge in [-0.1, -0.05) is 11.3 Å². The van der Waals surface area contributed by atoms with Gasteiger partial charge in [0.25, 0.3) is 5.69 Å². The van der Waals surface area contributed by atoms with Crippen LogP contribution in [0.25, 0.3) is 0 Å². The summed E-state index contributed by atoms with van der Waals surface area (Å²) in [7, 11) is 0. The number of nitro benzene ring substituents is 1. The third kappa shape index (κ3) is 3.93. The number of aryl methyl sites for hydroxylation is 1. The predicted octanol–water partition coefficient (Wildman–Crippen LogP) is 1.87. The van der Waals surface area contributed by atoms with E-state index in [-0.39, 0.29) is 16.5 Å². The van der Waals surface area contributed by atoms with Crippen LogP contribution in [0.2, 0.25) is 0 Å². The molecule has 0 N–H and O–H groups in total. The summed E-state index contributed by atoms with van der Waals surface area (Å²) in [6, 6.07) is 6.46. The Kier molecular flexibility index (Phi) is 5.36. The van der Waals surface area contributed by atoms with Crippen molar-refractivity contribution in [2.24, 2.45) is 0 Å². The van der Waals surface area contributed by atoms with Crippen molar-refractivity contribution in [1.29, 1.82) is 0 Å². The summed E-state index contributed by atoms with van der Waals surface area (Å²) in [5, 5.41) is 12.5. The number of nitro groups is 1. The first kappa shape index (κ1) is 18.1. The molecule has 0 radical (unpaired) electrons. The summed E-state index contributed by atoms with van der Waals surface area (Å²) in [5.41, 5.74) is 1.88. The summed E-state index contributed by atoms with van der Waals surface area (Å²) in [6.07, 6.45) is 0.314. The smallest absolute Gasteiger partial charge is 0.307 e. The number of hydrogen-bond acceptors (Lipinski definition) is 6. The number of non-ortho nitro benzene ring substituents is 1. The molecule has 1 saturated heterocycles. The van der Waals surface area contributed by atoms with Crippen molar-refractivity contribution >= 4 is 28.6 Å². The lowest BCUT2D eigenvalue weighted by Gasteiger charge is -2.36. The van der Waals surface area contributed by atoms with Crippen LogP contribution in [0.4, 0.5) is 11.4 Å². The molecule has 1 aliphatic heterocycles. The molecule has 0 aliphatic carbocycles. The molecule has 1 aromatic carbocycles. The zero-order chi connectivity index (χ0) is 18.7. The van der Waals surface area contributed by atoms with Gasteiger partial charge < -0.3 is 14.4 Å². The highest BCUT2D eigenvalue weighted by Gasteiger charge is 2.21. The Labute approximate surface area is 154 Å². The highest BCUT2D eigenvalue weighted by atomic mass is 32.1. The summed E-state index contributed by atoms with van der Waals surface area (Å²) >= 11 is 1.15. The molecule has 26 heavy (non-hydrogen) atoms. The molecular weight excluding hydrogens is 356 g/mol. The largest absolute Gasteiger partial charge is 0.368 e. The van der Waals surface area contributed by atoms with Crippen LogP contribution in [-0.2, 0) is 11.3 Å². The van der Waals surface area contributed by atoms with E-state index in [0.717, 1.165) is 22.7 Å². The Morgan fingerprint density at radius 2 is 1.85 bits per heavy atom. The highest BCUT2D eigenvalue weighted by molar-refractivity contribution is 7.07. The highest BCUT2D eigenvalue weighted by Crippen LogP contribution is 2.20. The van der Waals surface area contributed by atoms with E-state index in [2.05, 4.69) is 4.90 Å². The first-order valence-corrected chi connectivity index (χ1v) is 9.26. The van der Waals surface area contributed by atoms with Gasteiger partial charge in [0.2, 0.25) is 5.91 Å². The Morgan fingerprint density at radius 1 is 1.19 bits per heavy atom. The van der Waals surface area contributed by atoms with E-state index in [9.17, 15) is 19.7 Å². The average Bonchev–Trinajstić information content (AvgIpc) is 2.98. The second-order valence-electron chi connectivity index (χ2n) is 6.19. The maximum absolute atomic E-state index is 12.4. The average molecular weight is 376 g/mol. The van der Waals surface area contributed by atoms with Crippen molar-refractivity contribution < 1.29 is 9.72 Å². The van der Waals surface area contributed by atoms with E-state index in [1.54, 1.807) is 22.1 Å². The van der Waals surface area contributed by atoms with Crippen molar-refractivity contribution in [1.82, 2.24) is 9.47 Å². The standard InChI is InChI=1S/C17H20N4O4S/c1-13-12-26-17(23)20(13)7-6-16(22)19-10-8-18(9-11-19)14-2-4-15(5-3-14)21(24)25/h2-5,12H,6-11H2,1H3. The number of benzene rings is 1. The number of carbonyl (C=O) groups excluding carboxylic acids is 1. The number of hydrogen-bond donors (Lipinski definition) is 0. The number of piperazine rings is 1. The van der Waals surface area contributed by atoms with Crippen LogP contribution in [0.1, 0.15) is 12.1 Å². The Morgan fingerprint density at radius 3 is 2.38 bits per heavy atom. The molecule has 2 aromatic rings. The molecule has 0 unspecified atom stereocenters. The maximum Gasteiger partial charge on any atom is 0.307 e. The normalized spacial score (nSPS) is 14.5. The third-order valence-electron chi connectivity index (χ3n) is 4.58. The van der Waals surface area contributed by atoms with E-state index < -0.39 is 4.92 Å². The lowest BCUT2D eigenvalue weighted by atomic mass is 10.2. The minimum Gasteiger partial charge on any atom is -0.368 e. The van der Waals surface area contributed by atoms with Crippen molar-refractivity contribution in [3.05, 3.63) is 55.1 Å². The molecular formula is C17H20N4O4S. The van der Waals surface area contributed by atoms with Gasteiger partial charge >= 0.3 is 4.87 Å². The van der Waals surface area contributed by atoms with E-state index in [1.165, 1.54) is 12.1 Å². The summed E-state index contributed by atoms with van der Waals surface area (Å²) in [5.74, 6) is 0.0471. The van der Waals surface area contributed by atoms with Crippen LogP contribution in [-0.4, -0.2) is 46.5 Å². The van der Waals surface area contributed by atoms with Gasteiger partial charge in [0, 0.05) is 68.0 Å². The van der Waals surface area contributed by atoms with Crippen molar-refractivity contribution in [3.8, 4) is 0 Å². The molecule has 1 fully saturated rings. The number of anilines is 1. The Balaban J connectivity index is 1.52. The van der Waals surface area contributed by atoms with Gasteiger partial charge in [0.05, 0.1) is 4.92 Å². The molecule has 9 heteroatoms. The Bertz CT molecular complexity index is 850. The first-order chi connectivity index (χ1) is 12.5. The zero-order valence-corrected chi connectivity index (χ0v) is 15.3. The van der Waals surface area contributed by atoms with Crippen molar-refractivity contribution in [2.75, 3.05) is 31.1 Å². The fourth-order valence-electron chi connectivity index (χ4n) is 3.04. The summed E-state index contributed by atoms with van der Waals surface area (Å²) in [6.45, 7) is 4.85. The van der Waals surface area contributed by atoms with Crippen molar-refractivity contribution in [2.45, 2.75) is 19.9 Å². The topological polar surface area (TPSA) is 88.7 Å². The summed E-state index contributed by atoms with van der Waals surface area (Å²) < 4.78 is 1.63. The van der Waals surface area contributed by atoms with E-state index in [1.807, 2.05) is 11.8 Å². The minimum absolute atomic E-state index is 0.0294. The number of carbonyl (C=O) groups is 1. The molecule has 1 aliphatic rings. The minimum atomic E-state index is -0.416. The molecule has 2 heterocycles. The summed E-state index contributed by atoms with van der Waals surface area (Å²) in [4.78, 5) is 38.3. The Hall–Kier alpha value is -2.68. The molecule has 0 atom stereocenters. The van der Waals surface area contributed by atoms with Crippen LogP contribution in [0, 0.1) is 17.0 Å². The molecule has 1 amide bonds. The molecule has 138 valence electrons. The number of rotatable bonds is 5. The lowest BCUT2D eigenvalue weighted by Crippen LogP contribution is -2.49. The van der Waals surface area contributed by atoms with Crippen LogP contribution in [0.5, 0.6) is 0 Å². The zero-order valence-electron chi connectivity index (χ0n) is 14.5. The predicted molar refractivity (Wildman–Crippen MR) is 99.8 cm³/mol. The molecule has 0 spiro atoms. The molecule has 0 saturated carbocycles. The maximum atomic E-state index is 12.4. The molecule has 1 aromatic heterocycles. The van der Waals surface area contributed by atoms with Gasteiger partial charge in [-0.25, -0.2) is 0 Å². The number of thiazole rings is 1. The van der Waals surface area contributed by atoms with Gasteiger partial charge in [-0.2, -0.15) is 0 Å². The van der Waals surface area contributed by atoms with Crippen LogP contribution in [0.3, 0.4) is 0 Å². The second kappa shape index (κ2) is 7.69. The number of amides is 1.